The number of hydrogen-bond donors (Lipinski definition) is 0. The number of nitrogens with zero attached hydrogens (tertiary/aromatic N) is 2. The second-order valence-corrected chi connectivity index (χ2v) is 7.81. The van der Waals surface area contributed by atoms with Crippen LogP contribution in [0.15, 0.2) is 59.4 Å². The first-order chi connectivity index (χ1) is 14.3. The van der Waals surface area contributed by atoms with E-state index in [4.69, 9.17) is 4.74 Å². The number of ether oxygens (including phenoxy) is 1. The molecule has 0 spiro atoms. The third-order valence-electron chi connectivity index (χ3n) is 5.10. The van der Waals surface area contributed by atoms with Gasteiger partial charge in [-0.3, -0.25) is 4.18 Å². The van der Waals surface area contributed by atoms with Gasteiger partial charge in [0.2, 0.25) is 10.4 Å². The fourth-order valence-electron chi connectivity index (χ4n) is 3.80. The largest absolute Gasteiger partial charge is 0.726 e. The van der Waals surface area contributed by atoms with Crippen LogP contribution >= 0.6 is 0 Å². The minimum absolute atomic E-state index is 0.00755. The van der Waals surface area contributed by atoms with Gasteiger partial charge >= 0.3 is 5.56 Å². The molecule has 0 bridgehead atoms. The van der Waals surface area contributed by atoms with E-state index in [0.717, 1.165) is 51.1 Å². The van der Waals surface area contributed by atoms with E-state index in [9.17, 15) is 17.8 Å². The van der Waals surface area contributed by atoms with Crippen LogP contribution in [-0.4, -0.2) is 31.6 Å². The van der Waals surface area contributed by atoms with Crippen molar-refractivity contribution in [2.45, 2.75) is 0 Å². The molecule has 0 aliphatic heterocycles. The second kappa shape index (κ2) is 7.21. The minimum atomic E-state index is -4.41. The maximum absolute atomic E-state index is 13.2. The number of rotatable bonds is 2. The predicted octanol–water partition coefficient (Wildman–Crippen LogP) is 2.12. The van der Waals surface area contributed by atoms with Gasteiger partial charge in [-0.15, -0.1) is 0 Å². The van der Waals surface area contributed by atoms with E-state index in [-0.39, 0.29) is 5.56 Å². The van der Waals surface area contributed by atoms with E-state index in [2.05, 4.69) is 26.9 Å². The van der Waals surface area contributed by atoms with Gasteiger partial charge in [0.15, 0.2) is 11.0 Å². The van der Waals surface area contributed by atoms with Crippen LogP contribution in [0.3, 0.4) is 0 Å². The maximum atomic E-state index is 13.2. The maximum Gasteiger partial charge on any atom is 0.347 e. The molecule has 0 N–H and O–H groups in total. The van der Waals surface area contributed by atoms with Gasteiger partial charge in [0.05, 0.1) is 32.0 Å². The normalized spacial score (nSPS) is 11.9. The van der Waals surface area contributed by atoms with Crippen LogP contribution in [0.1, 0.15) is 0 Å². The van der Waals surface area contributed by atoms with E-state index >= 15 is 0 Å². The Morgan fingerprint density at radius 1 is 1.00 bits per heavy atom. The number of aromatic nitrogens is 2. The summed E-state index contributed by atoms with van der Waals surface area (Å²) in [6, 6.07) is 17.9. The van der Waals surface area contributed by atoms with Crippen molar-refractivity contribution in [1.29, 1.82) is 0 Å². The zero-order valence-electron chi connectivity index (χ0n) is 16.4. The SMILES string of the molecule is COS(=O)(=O)[O-].COc1ccc2c(c1)n1c(=O)c3cccc4cccc(c43)c1[n+]2C. The Kier molecular flexibility index (Phi) is 4.81. The molecule has 0 aliphatic rings. The zero-order chi connectivity index (χ0) is 21.6. The molecular formula is C21H18N2O6S. The smallest absolute Gasteiger partial charge is 0.347 e. The summed E-state index contributed by atoms with van der Waals surface area (Å²) in [6.45, 7) is 0. The highest BCUT2D eigenvalue weighted by Crippen LogP contribution is 2.29. The monoisotopic (exact) mass is 426 g/mol. The third kappa shape index (κ3) is 3.13. The summed E-state index contributed by atoms with van der Waals surface area (Å²) >= 11 is 0. The molecule has 0 fully saturated rings. The Labute approximate surface area is 171 Å². The standard InChI is InChI=1S/C20H15N2O2.CH4O4S/c1-21-16-10-9-13(24-2)11-17(16)22-19(21)14-7-3-5-12-6-4-8-15(18(12)14)20(22)23;1-5-6(2,3)4/h3-11H,1-2H3;1H3,(H,2,3,4)/q+1;/p-1. The van der Waals surface area contributed by atoms with Crippen molar-refractivity contribution in [2.75, 3.05) is 14.2 Å². The molecule has 9 heteroatoms. The van der Waals surface area contributed by atoms with Crippen LogP contribution in [0.25, 0.3) is 38.2 Å². The lowest BCUT2D eigenvalue weighted by Crippen LogP contribution is -2.29. The van der Waals surface area contributed by atoms with Crippen LogP contribution in [0.2, 0.25) is 0 Å². The average Bonchev–Trinajstić information content (AvgIpc) is 3.04. The molecule has 0 aliphatic carbocycles. The average molecular weight is 426 g/mol. The number of imidazole rings is 1. The Bertz CT molecular complexity index is 1570. The first-order valence-corrected chi connectivity index (χ1v) is 10.3. The minimum Gasteiger partial charge on any atom is -0.726 e. The lowest BCUT2D eigenvalue weighted by Gasteiger charge is -2.03. The third-order valence-corrected chi connectivity index (χ3v) is 5.51. The van der Waals surface area contributed by atoms with Gasteiger partial charge < -0.3 is 9.29 Å². The molecule has 8 nitrogen and oxygen atoms in total. The van der Waals surface area contributed by atoms with Crippen molar-refractivity contribution in [3.8, 4) is 5.75 Å². The quantitative estimate of drug-likeness (QED) is 0.243. The summed E-state index contributed by atoms with van der Waals surface area (Å²) in [6.07, 6.45) is 0. The molecule has 30 heavy (non-hydrogen) atoms. The topological polar surface area (TPSA) is 101 Å². The van der Waals surface area contributed by atoms with Gasteiger partial charge in [-0.2, -0.15) is 4.40 Å². The molecule has 0 radical (unpaired) electrons. The van der Waals surface area contributed by atoms with Crippen molar-refractivity contribution >= 4 is 48.6 Å². The fraction of sp³-hybridized carbons (Fsp3) is 0.143. The number of hydrogen-bond acceptors (Lipinski definition) is 6. The van der Waals surface area contributed by atoms with Crippen molar-refractivity contribution in [2.24, 2.45) is 7.05 Å². The molecule has 3 aromatic carbocycles. The molecular weight excluding hydrogens is 408 g/mol. The molecule has 5 aromatic rings. The van der Waals surface area contributed by atoms with Crippen LogP contribution in [-0.2, 0) is 21.6 Å². The number of benzene rings is 3. The summed E-state index contributed by atoms with van der Waals surface area (Å²) in [7, 11) is 0.0345. The summed E-state index contributed by atoms with van der Waals surface area (Å²) in [5.41, 5.74) is 2.79. The highest BCUT2D eigenvalue weighted by molar-refractivity contribution is 7.80. The molecule has 154 valence electrons. The Balaban J connectivity index is 0.000000322. The summed E-state index contributed by atoms with van der Waals surface area (Å²) in [4.78, 5) is 13.2. The molecule has 0 atom stereocenters. The molecule has 2 aromatic heterocycles. The number of fused-ring (bicyclic) bond motifs is 4. The van der Waals surface area contributed by atoms with Crippen molar-refractivity contribution in [3.63, 3.8) is 0 Å². The second-order valence-electron chi connectivity index (χ2n) is 6.66. The first kappa shape index (κ1) is 20.0. The van der Waals surface area contributed by atoms with Gasteiger partial charge in [-0.25, -0.2) is 17.8 Å². The number of pyridine rings is 1. The Morgan fingerprint density at radius 2 is 1.63 bits per heavy atom. The zero-order valence-corrected chi connectivity index (χ0v) is 17.3. The van der Waals surface area contributed by atoms with Crippen LogP contribution in [0.4, 0.5) is 0 Å². The van der Waals surface area contributed by atoms with E-state index in [1.807, 2.05) is 43.4 Å². The molecule has 0 saturated heterocycles. The summed E-state index contributed by atoms with van der Waals surface area (Å²) in [5, 5.41) is 3.95. The summed E-state index contributed by atoms with van der Waals surface area (Å²) in [5.74, 6) is 0.744. The molecule has 0 saturated carbocycles. The molecule has 2 heterocycles. The van der Waals surface area contributed by atoms with Gasteiger partial charge in [-0.1, -0.05) is 24.3 Å². The van der Waals surface area contributed by atoms with Gasteiger partial charge in [0.25, 0.3) is 5.65 Å². The lowest BCUT2D eigenvalue weighted by atomic mass is 10.0. The summed E-state index contributed by atoms with van der Waals surface area (Å²) < 4.78 is 40.3. The number of aryl methyl sites for hydroxylation is 1. The van der Waals surface area contributed by atoms with Crippen LogP contribution < -0.4 is 14.9 Å². The van der Waals surface area contributed by atoms with Gasteiger partial charge in [0, 0.05) is 11.5 Å². The van der Waals surface area contributed by atoms with Crippen molar-refractivity contribution in [1.82, 2.24) is 4.40 Å². The van der Waals surface area contributed by atoms with Gasteiger partial charge in [-0.05, 0) is 29.7 Å². The predicted molar refractivity (Wildman–Crippen MR) is 112 cm³/mol. The van der Waals surface area contributed by atoms with Crippen LogP contribution in [0.5, 0.6) is 5.75 Å². The van der Waals surface area contributed by atoms with E-state index < -0.39 is 10.4 Å². The lowest BCUT2D eigenvalue weighted by molar-refractivity contribution is -0.617. The van der Waals surface area contributed by atoms with Gasteiger partial charge in [0.1, 0.15) is 5.75 Å². The van der Waals surface area contributed by atoms with Crippen molar-refractivity contribution in [3.05, 3.63) is 65.0 Å². The molecule has 5 rings (SSSR count). The van der Waals surface area contributed by atoms with E-state index in [1.165, 1.54) is 0 Å². The van der Waals surface area contributed by atoms with E-state index in [1.54, 1.807) is 11.5 Å². The number of methoxy groups -OCH3 is 1. The molecule has 0 amide bonds. The van der Waals surface area contributed by atoms with Crippen molar-refractivity contribution < 1.29 is 26.5 Å². The first-order valence-electron chi connectivity index (χ1n) is 8.93. The van der Waals surface area contributed by atoms with E-state index in [0.29, 0.717) is 0 Å². The highest BCUT2D eigenvalue weighted by atomic mass is 32.3. The Morgan fingerprint density at radius 3 is 2.23 bits per heavy atom. The highest BCUT2D eigenvalue weighted by Gasteiger charge is 2.24. The fourth-order valence-corrected chi connectivity index (χ4v) is 3.80. The molecule has 0 unspecified atom stereocenters. The Hall–Kier alpha value is -3.27. The van der Waals surface area contributed by atoms with Crippen LogP contribution in [0, 0.1) is 0 Å².